The van der Waals surface area contributed by atoms with E-state index in [0.29, 0.717) is 16.7 Å². The van der Waals surface area contributed by atoms with E-state index in [1.165, 1.54) is 7.11 Å². The number of hydrogen-bond donors (Lipinski definition) is 1. The molecular weight excluding hydrogens is 376 g/mol. The zero-order valence-electron chi connectivity index (χ0n) is 16.0. The van der Waals surface area contributed by atoms with Gasteiger partial charge >= 0.3 is 18.0 Å². The topological polar surface area (TPSA) is 102 Å². The van der Waals surface area contributed by atoms with Crippen LogP contribution in [0.1, 0.15) is 28.4 Å². The van der Waals surface area contributed by atoms with Crippen LogP contribution in [0.4, 0.5) is 4.79 Å². The molecule has 1 N–H and O–H groups in total. The molecule has 0 bridgehead atoms. The number of hydrogen-bond acceptors (Lipinski definition) is 6. The molecule has 2 aromatic rings. The van der Waals surface area contributed by atoms with Crippen LogP contribution < -0.4 is 5.32 Å². The number of ether oxygens (including phenoxy) is 2. The molecule has 8 nitrogen and oxygen atoms in total. The molecule has 8 heteroatoms. The van der Waals surface area contributed by atoms with Gasteiger partial charge in [-0.25, -0.2) is 9.59 Å². The maximum atomic E-state index is 12.8. The average Bonchev–Trinajstić information content (AvgIpc) is 2.96. The first-order chi connectivity index (χ1) is 13.8. The number of carbonyl (C=O) groups is 4. The van der Waals surface area contributed by atoms with Crippen molar-refractivity contribution < 1.29 is 28.7 Å². The molecule has 0 aliphatic carbocycles. The normalized spacial score (nSPS) is 18.3. The molecule has 3 amide bonds. The Hall–Kier alpha value is -3.68. The van der Waals surface area contributed by atoms with E-state index < -0.39 is 36.0 Å². The summed E-state index contributed by atoms with van der Waals surface area (Å²) in [6, 6.07) is 14.5. The van der Waals surface area contributed by atoms with E-state index in [4.69, 9.17) is 4.74 Å². The first kappa shape index (κ1) is 20.1. The largest absolute Gasteiger partial charge is 0.465 e. The second-order valence-corrected chi connectivity index (χ2v) is 6.66. The molecule has 2 aromatic carbocycles. The molecule has 0 spiro atoms. The van der Waals surface area contributed by atoms with Crippen LogP contribution in [0.2, 0.25) is 0 Å². The number of nitrogens with zero attached hydrogens (tertiary/aromatic N) is 1. The van der Waals surface area contributed by atoms with Gasteiger partial charge in [-0.1, -0.05) is 42.5 Å². The van der Waals surface area contributed by atoms with Crippen molar-refractivity contribution in [2.75, 3.05) is 13.7 Å². The molecule has 1 atom stereocenters. The maximum Gasteiger partial charge on any atom is 0.337 e. The number of benzene rings is 2. The predicted octanol–water partition coefficient (Wildman–Crippen LogP) is 1.98. The van der Waals surface area contributed by atoms with Gasteiger partial charge in [0, 0.05) is 0 Å². The van der Waals surface area contributed by atoms with Crippen molar-refractivity contribution in [2.45, 2.75) is 19.1 Å². The van der Waals surface area contributed by atoms with E-state index in [-0.39, 0.29) is 6.61 Å². The fourth-order valence-electron chi connectivity index (χ4n) is 3.00. The van der Waals surface area contributed by atoms with Crippen LogP contribution in [0.3, 0.4) is 0 Å². The lowest BCUT2D eigenvalue weighted by atomic mass is 9.92. The van der Waals surface area contributed by atoms with Gasteiger partial charge in [0.05, 0.1) is 12.7 Å². The van der Waals surface area contributed by atoms with Crippen molar-refractivity contribution in [2.24, 2.45) is 0 Å². The third kappa shape index (κ3) is 4.11. The van der Waals surface area contributed by atoms with E-state index in [2.05, 4.69) is 10.1 Å². The van der Waals surface area contributed by atoms with Gasteiger partial charge in [-0.15, -0.1) is 0 Å². The van der Waals surface area contributed by atoms with Gasteiger partial charge in [-0.05, 0) is 30.2 Å². The van der Waals surface area contributed by atoms with Gasteiger partial charge in [0.2, 0.25) is 0 Å². The van der Waals surface area contributed by atoms with Gasteiger partial charge < -0.3 is 14.8 Å². The molecule has 0 saturated carbocycles. The Kier molecular flexibility index (Phi) is 5.63. The molecule has 3 rings (SSSR count). The summed E-state index contributed by atoms with van der Waals surface area (Å²) in [5.41, 5.74) is 0.418. The van der Waals surface area contributed by atoms with Crippen molar-refractivity contribution in [3.63, 3.8) is 0 Å². The number of methoxy groups -OCH3 is 1. The zero-order valence-corrected chi connectivity index (χ0v) is 16.0. The lowest BCUT2D eigenvalue weighted by molar-refractivity contribution is -0.148. The summed E-state index contributed by atoms with van der Waals surface area (Å²) in [4.78, 5) is 49.4. The van der Waals surface area contributed by atoms with Crippen LogP contribution >= 0.6 is 0 Å². The summed E-state index contributed by atoms with van der Waals surface area (Å²) < 4.78 is 9.78. The van der Waals surface area contributed by atoms with E-state index in [1.807, 2.05) is 0 Å². The number of nitrogens with one attached hydrogen (secondary N) is 1. The lowest BCUT2D eigenvalue weighted by Crippen LogP contribution is -2.41. The Morgan fingerprint density at radius 2 is 1.69 bits per heavy atom. The number of rotatable bonds is 6. The van der Waals surface area contributed by atoms with Crippen molar-refractivity contribution in [1.82, 2.24) is 10.2 Å². The van der Waals surface area contributed by atoms with Gasteiger partial charge in [0.15, 0.2) is 0 Å². The van der Waals surface area contributed by atoms with E-state index in [1.54, 1.807) is 61.5 Å². The SMILES string of the molecule is COC(=O)c1ccc(COC(=O)CN2C(=O)N[C@](C)(c3ccccc3)C2=O)cc1. The van der Waals surface area contributed by atoms with Crippen molar-refractivity contribution in [3.05, 3.63) is 71.3 Å². The molecule has 150 valence electrons. The Morgan fingerprint density at radius 3 is 2.31 bits per heavy atom. The third-order valence-electron chi connectivity index (χ3n) is 4.69. The summed E-state index contributed by atoms with van der Waals surface area (Å²) >= 11 is 0. The Bertz CT molecular complexity index is 941. The molecule has 1 saturated heterocycles. The Labute approximate surface area is 167 Å². The van der Waals surface area contributed by atoms with Crippen LogP contribution in [0.5, 0.6) is 0 Å². The van der Waals surface area contributed by atoms with Gasteiger partial charge in [0.25, 0.3) is 5.91 Å². The second kappa shape index (κ2) is 8.14. The van der Waals surface area contributed by atoms with Crippen LogP contribution in [0.25, 0.3) is 0 Å². The van der Waals surface area contributed by atoms with Crippen LogP contribution in [0.15, 0.2) is 54.6 Å². The van der Waals surface area contributed by atoms with E-state index >= 15 is 0 Å². The fraction of sp³-hybridized carbons (Fsp3) is 0.238. The molecular formula is C21H20N2O6. The highest BCUT2D eigenvalue weighted by Gasteiger charge is 2.49. The quantitative estimate of drug-likeness (QED) is 0.592. The lowest BCUT2D eigenvalue weighted by Gasteiger charge is -2.21. The summed E-state index contributed by atoms with van der Waals surface area (Å²) in [5.74, 6) is -1.70. The number of esters is 2. The van der Waals surface area contributed by atoms with Crippen molar-refractivity contribution in [3.8, 4) is 0 Å². The van der Waals surface area contributed by atoms with Crippen molar-refractivity contribution in [1.29, 1.82) is 0 Å². The molecule has 0 unspecified atom stereocenters. The zero-order chi connectivity index (χ0) is 21.0. The molecule has 1 fully saturated rings. The minimum absolute atomic E-state index is 0.0557. The fourth-order valence-corrected chi connectivity index (χ4v) is 3.00. The highest BCUT2D eigenvalue weighted by Crippen LogP contribution is 2.28. The number of urea groups is 1. The smallest absolute Gasteiger partial charge is 0.337 e. The summed E-state index contributed by atoms with van der Waals surface area (Å²) in [6.07, 6.45) is 0. The first-order valence-electron chi connectivity index (χ1n) is 8.87. The minimum atomic E-state index is -1.23. The summed E-state index contributed by atoms with van der Waals surface area (Å²) in [5, 5.41) is 2.63. The average molecular weight is 396 g/mol. The number of imide groups is 1. The van der Waals surface area contributed by atoms with Crippen molar-refractivity contribution >= 4 is 23.9 Å². The standard InChI is InChI=1S/C21H20N2O6/c1-21(16-6-4-3-5-7-16)19(26)23(20(27)22-21)12-17(24)29-13-14-8-10-15(11-9-14)18(25)28-2/h3-11H,12-13H2,1-2H3,(H,22,27)/t21-/m1/s1. The summed E-state index contributed by atoms with van der Waals surface area (Å²) in [7, 11) is 1.29. The van der Waals surface area contributed by atoms with Crippen LogP contribution in [-0.2, 0) is 31.2 Å². The van der Waals surface area contributed by atoms with Gasteiger partial charge in [-0.2, -0.15) is 0 Å². The molecule has 1 aliphatic heterocycles. The van der Waals surface area contributed by atoms with Gasteiger partial charge in [0.1, 0.15) is 18.7 Å². The molecule has 1 aliphatic rings. The highest BCUT2D eigenvalue weighted by atomic mass is 16.5. The van der Waals surface area contributed by atoms with Crippen LogP contribution in [-0.4, -0.2) is 42.4 Å². The van der Waals surface area contributed by atoms with E-state index in [9.17, 15) is 19.2 Å². The number of carbonyl (C=O) groups excluding carboxylic acids is 4. The molecule has 0 aromatic heterocycles. The Balaban J connectivity index is 1.60. The maximum absolute atomic E-state index is 12.8. The number of amides is 3. The second-order valence-electron chi connectivity index (χ2n) is 6.66. The minimum Gasteiger partial charge on any atom is -0.465 e. The first-order valence-corrected chi connectivity index (χ1v) is 8.87. The summed E-state index contributed by atoms with van der Waals surface area (Å²) in [6.45, 7) is 1.05. The molecule has 29 heavy (non-hydrogen) atoms. The third-order valence-corrected chi connectivity index (χ3v) is 4.69. The predicted molar refractivity (Wildman–Crippen MR) is 102 cm³/mol. The van der Waals surface area contributed by atoms with Crippen LogP contribution in [0, 0.1) is 0 Å². The van der Waals surface area contributed by atoms with E-state index in [0.717, 1.165) is 4.90 Å². The van der Waals surface area contributed by atoms with Gasteiger partial charge in [-0.3, -0.25) is 14.5 Å². The molecule has 0 radical (unpaired) electrons. The Morgan fingerprint density at radius 1 is 1.03 bits per heavy atom. The highest BCUT2D eigenvalue weighted by molar-refractivity contribution is 6.08. The molecule has 1 heterocycles. The monoisotopic (exact) mass is 396 g/mol.